The summed E-state index contributed by atoms with van der Waals surface area (Å²) in [6.45, 7) is 26.7. The van der Waals surface area contributed by atoms with Crippen LogP contribution in [0, 0.1) is 0 Å². The van der Waals surface area contributed by atoms with Gasteiger partial charge in [0.1, 0.15) is 23.0 Å². The Balaban J connectivity index is 2.05. The molecule has 0 atom stereocenters. The Kier molecular flexibility index (Phi) is 7.50. The third-order valence-corrected chi connectivity index (χ3v) is 8.31. The van der Waals surface area contributed by atoms with Crippen molar-refractivity contribution < 1.29 is 13.3 Å². The summed E-state index contributed by atoms with van der Waals surface area (Å²) in [5, 5.41) is 1.98. The average Bonchev–Trinajstić information content (AvgIpc) is 3.19. The molecule has 208 valence electrons. The molecule has 0 fully saturated rings. The quantitative estimate of drug-likeness (QED) is 0.221. The van der Waals surface area contributed by atoms with Gasteiger partial charge in [0.25, 0.3) is 0 Å². The zero-order valence-corrected chi connectivity index (χ0v) is 28.0. The summed E-state index contributed by atoms with van der Waals surface area (Å²) in [7, 11) is -3.82. The molecule has 0 bridgehead atoms. The van der Waals surface area contributed by atoms with Crippen LogP contribution in [-0.2, 0) is 10.8 Å². The maximum absolute atomic E-state index is 6.87. The van der Waals surface area contributed by atoms with Gasteiger partial charge < -0.3 is 13.3 Å². The summed E-state index contributed by atoms with van der Waals surface area (Å²) in [4.78, 5) is 0. The van der Waals surface area contributed by atoms with E-state index >= 15 is 0 Å². The van der Waals surface area contributed by atoms with Crippen LogP contribution in [0.25, 0.3) is 33.4 Å². The van der Waals surface area contributed by atoms with Crippen molar-refractivity contribution in [1.82, 2.24) is 0 Å². The Morgan fingerprint density at radius 3 is 1.05 bits per heavy atom. The Bertz CT molecular complexity index is 1340. The molecule has 39 heavy (non-hydrogen) atoms. The maximum Gasteiger partial charge on any atom is 0.242 e. The van der Waals surface area contributed by atoms with E-state index in [2.05, 4.69) is 141 Å². The third kappa shape index (κ3) is 6.70. The highest BCUT2D eigenvalue weighted by atomic mass is 28.4. The van der Waals surface area contributed by atoms with Gasteiger partial charge in [-0.1, -0.05) is 90.1 Å². The summed E-state index contributed by atoms with van der Waals surface area (Å²) in [6.07, 6.45) is 0. The fraction of sp³-hybridized carbons (Fsp3) is 0.412. The van der Waals surface area contributed by atoms with Crippen molar-refractivity contribution in [3.8, 4) is 34.1 Å². The van der Waals surface area contributed by atoms with Gasteiger partial charge in [-0.15, -0.1) is 0 Å². The molecule has 4 rings (SSSR count). The van der Waals surface area contributed by atoms with E-state index in [1.165, 1.54) is 11.1 Å². The molecule has 0 spiro atoms. The molecule has 5 heteroatoms. The first-order chi connectivity index (χ1) is 17.8. The fourth-order valence-corrected chi connectivity index (χ4v) is 6.36. The Morgan fingerprint density at radius 1 is 0.487 bits per heavy atom. The largest absolute Gasteiger partial charge is 0.544 e. The van der Waals surface area contributed by atoms with Gasteiger partial charge in [-0.2, -0.15) is 0 Å². The van der Waals surface area contributed by atoms with Gasteiger partial charge in [-0.25, -0.2) is 0 Å². The fourth-order valence-electron chi connectivity index (χ4n) is 4.70. The van der Waals surface area contributed by atoms with Crippen molar-refractivity contribution in [2.45, 2.75) is 91.7 Å². The van der Waals surface area contributed by atoms with Gasteiger partial charge in [0.15, 0.2) is 0 Å². The number of furan rings is 1. The molecule has 1 aromatic heterocycles. The predicted molar refractivity (Wildman–Crippen MR) is 172 cm³/mol. The molecule has 0 aliphatic carbocycles. The molecule has 4 aromatic rings. The molecule has 0 aliphatic heterocycles. The van der Waals surface area contributed by atoms with Gasteiger partial charge >= 0.3 is 0 Å². The molecule has 0 saturated carbocycles. The van der Waals surface area contributed by atoms with Crippen molar-refractivity contribution in [3.63, 3.8) is 0 Å². The number of rotatable bonds is 6. The number of fused-ring (bicyclic) bond motifs is 1. The summed E-state index contributed by atoms with van der Waals surface area (Å²) in [5.41, 5.74) is 4.82. The number of benzene rings is 3. The summed E-state index contributed by atoms with van der Waals surface area (Å²) in [6, 6.07) is 21.7. The second kappa shape index (κ2) is 10.0. The summed E-state index contributed by atoms with van der Waals surface area (Å²) in [5.74, 6) is 3.39. The number of hydrogen-bond acceptors (Lipinski definition) is 3. The van der Waals surface area contributed by atoms with Crippen molar-refractivity contribution >= 4 is 27.4 Å². The minimum Gasteiger partial charge on any atom is -0.544 e. The second-order valence-electron chi connectivity index (χ2n) is 14.7. The van der Waals surface area contributed by atoms with Crippen LogP contribution in [0.15, 0.2) is 65.1 Å². The van der Waals surface area contributed by atoms with E-state index in [-0.39, 0.29) is 10.8 Å². The van der Waals surface area contributed by atoms with E-state index in [0.29, 0.717) is 0 Å². The van der Waals surface area contributed by atoms with Gasteiger partial charge in [-0.3, -0.25) is 0 Å². The zero-order chi connectivity index (χ0) is 29.0. The molecule has 0 saturated heterocycles. The van der Waals surface area contributed by atoms with E-state index < -0.39 is 16.6 Å². The molecule has 1 heterocycles. The monoisotopic (exact) mass is 558 g/mol. The highest BCUT2D eigenvalue weighted by Crippen LogP contribution is 2.49. The first-order valence-corrected chi connectivity index (χ1v) is 20.8. The third-order valence-electron chi connectivity index (χ3n) is 6.65. The van der Waals surface area contributed by atoms with Crippen LogP contribution in [-0.4, -0.2) is 16.6 Å². The summed E-state index contributed by atoms with van der Waals surface area (Å²) >= 11 is 0. The first-order valence-electron chi connectivity index (χ1n) is 14.0. The first kappa shape index (κ1) is 29.2. The predicted octanol–water partition coefficient (Wildman–Crippen LogP) is 10.8. The highest BCUT2D eigenvalue weighted by molar-refractivity contribution is 6.71. The van der Waals surface area contributed by atoms with E-state index in [4.69, 9.17) is 13.3 Å². The minimum atomic E-state index is -1.91. The molecule has 3 nitrogen and oxygen atoms in total. The minimum absolute atomic E-state index is 0.0776. The van der Waals surface area contributed by atoms with E-state index in [0.717, 1.165) is 44.9 Å². The lowest BCUT2D eigenvalue weighted by Crippen LogP contribution is -2.30. The Labute approximate surface area is 237 Å². The van der Waals surface area contributed by atoms with Gasteiger partial charge in [0.2, 0.25) is 16.6 Å². The normalized spacial score (nSPS) is 13.1. The molecular weight excluding hydrogens is 513 g/mol. The average molecular weight is 559 g/mol. The van der Waals surface area contributed by atoms with Gasteiger partial charge in [-0.05, 0) is 73.4 Å². The standard InChI is InChI=1S/C34H46O3Si2/c1-33(2,3)25-17-13-23(14-18-25)31-29-27(36-38(7,8)9)21-22-28(37-39(10,11)12)30(29)32(35-31)24-15-19-26(20-16-24)34(4,5)6/h13-22H,1-12H3. The van der Waals surface area contributed by atoms with Crippen LogP contribution in [0.2, 0.25) is 39.3 Å². The molecular formula is C34H46O3Si2. The Hall–Kier alpha value is -2.77. The van der Waals surface area contributed by atoms with Crippen LogP contribution in [0.3, 0.4) is 0 Å². The van der Waals surface area contributed by atoms with Gasteiger partial charge in [0.05, 0.1) is 10.8 Å². The molecule has 0 aliphatic rings. The van der Waals surface area contributed by atoms with Crippen molar-refractivity contribution in [1.29, 1.82) is 0 Å². The van der Waals surface area contributed by atoms with E-state index in [1.807, 2.05) is 0 Å². The molecule has 0 N–H and O–H groups in total. The van der Waals surface area contributed by atoms with E-state index in [9.17, 15) is 0 Å². The summed E-state index contributed by atoms with van der Waals surface area (Å²) < 4.78 is 20.2. The van der Waals surface area contributed by atoms with Crippen LogP contribution >= 0.6 is 0 Å². The topological polar surface area (TPSA) is 31.6 Å². The van der Waals surface area contributed by atoms with Crippen LogP contribution < -0.4 is 8.85 Å². The Morgan fingerprint density at radius 2 is 0.795 bits per heavy atom. The van der Waals surface area contributed by atoms with E-state index in [1.54, 1.807) is 0 Å². The van der Waals surface area contributed by atoms with Crippen LogP contribution in [0.4, 0.5) is 0 Å². The molecule has 3 aromatic carbocycles. The maximum atomic E-state index is 6.87. The SMILES string of the molecule is CC(C)(C)c1ccc(-c2oc(-c3ccc(C(C)(C)C)cc3)c3c(O[Si](C)(C)C)ccc(O[Si](C)(C)C)c23)cc1. The van der Waals surface area contributed by atoms with Gasteiger partial charge in [0, 0.05) is 11.1 Å². The second-order valence-corrected chi connectivity index (χ2v) is 23.5. The van der Waals surface area contributed by atoms with Crippen molar-refractivity contribution in [2.24, 2.45) is 0 Å². The van der Waals surface area contributed by atoms with Crippen molar-refractivity contribution in [2.75, 3.05) is 0 Å². The molecule has 0 unspecified atom stereocenters. The highest BCUT2D eigenvalue weighted by Gasteiger charge is 2.29. The lowest BCUT2D eigenvalue weighted by atomic mass is 9.86. The van der Waals surface area contributed by atoms with Crippen LogP contribution in [0.5, 0.6) is 11.5 Å². The molecule has 0 radical (unpaired) electrons. The lowest BCUT2D eigenvalue weighted by Gasteiger charge is -2.23. The van der Waals surface area contributed by atoms with Crippen LogP contribution in [0.1, 0.15) is 52.7 Å². The number of hydrogen-bond donors (Lipinski definition) is 0. The lowest BCUT2D eigenvalue weighted by molar-refractivity contribution is 0.552. The zero-order valence-electron chi connectivity index (χ0n) is 26.0. The molecule has 0 amide bonds. The van der Waals surface area contributed by atoms with Crippen molar-refractivity contribution in [3.05, 3.63) is 71.8 Å². The smallest absolute Gasteiger partial charge is 0.242 e.